The topological polar surface area (TPSA) is 80.3 Å². The van der Waals surface area contributed by atoms with Gasteiger partial charge in [-0.25, -0.2) is 0 Å². The molecule has 0 aromatic carbocycles. The smallest absolute Gasteiger partial charge is 0.268 e. The number of aryl methyl sites for hydroxylation is 1. The maximum absolute atomic E-state index is 12.3. The highest BCUT2D eigenvalue weighted by molar-refractivity contribution is 5.94. The molecule has 0 radical (unpaired) electrons. The maximum Gasteiger partial charge on any atom is 0.268 e. The molecule has 0 bridgehead atoms. The SMILES string of the molecule is CCn1cc(N)cc1C(=O)NC1CCCCCC1O. The molecule has 0 saturated heterocycles. The predicted octanol–water partition coefficient (Wildman–Crippen LogP) is 1.51. The molecule has 5 nitrogen and oxygen atoms in total. The van der Waals surface area contributed by atoms with Gasteiger partial charge >= 0.3 is 0 Å². The quantitative estimate of drug-likeness (QED) is 0.725. The normalized spacial score (nSPS) is 23.9. The standard InChI is InChI=1S/C14H23N3O2/c1-2-17-9-10(15)8-12(17)14(19)16-11-6-4-3-5-7-13(11)18/h8-9,11,13,18H,2-7,15H2,1H3,(H,16,19). The molecule has 0 spiro atoms. The molecule has 106 valence electrons. The summed E-state index contributed by atoms with van der Waals surface area (Å²) in [6.07, 6.45) is 6.15. The highest BCUT2D eigenvalue weighted by atomic mass is 16.3. The van der Waals surface area contributed by atoms with Gasteiger partial charge in [0.25, 0.3) is 5.91 Å². The number of aromatic nitrogens is 1. The van der Waals surface area contributed by atoms with Crippen LogP contribution in [0, 0.1) is 0 Å². The number of carbonyl (C=O) groups is 1. The fourth-order valence-corrected chi connectivity index (χ4v) is 2.68. The minimum absolute atomic E-state index is 0.142. The van der Waals surface area contributed by atoms with Crippen LogP contribution in [0.3, 0.4) is 0 Å². The van der Waals surface area contributed by atoms with Crippen molar-refractivity contribution in [2.45, 2.75) is 57.7 Å². The van der Waals surface area contributed by atoms with Crippen LogP contribution in [0.2, 0.25) is 0 Å². The number of nitrogens with zero attached hydrogens (tertiary/aromatic N) is 1. The number of nitrogens with one attached hydrogen (secondary N) is 1. The Morgan fingerprint density at radius 2 is 2.21 bits per heavy atom. The van der Waals surface area contributed by atoms with Gasteiger partial charge in [0.05, 0.1) is 17.8 Å². The lowest BCUT2D eigenvalue weighted by Crippen LogP contribution is -2.43. The van der Waals surface area contributed by atoms with Crippen molar-refractivity contribution in [3.05, 3.63) is 18.0 Å². The number of nitrogens with two attached hydrogens (primary N) is 1. The summed E-state index contributed by atoms with van der Waals surface area (Å²) < 4.78 is 1.83. The van der Waals surface area contributed by atoms with Gasteiger partial charge in [-0.05, 0) is 25.8 Å². The monoisotopic (exact) mass is 265 g/mol. The molecule has 5 heteroatoms. The van der Waals surface area contributed by atoms with Crippen molar-refractivity contribution in [1.82, 2.24) is 9.88 Å². The Morgan fingerprint density at radius 3 is 2.95 bits per heavy atom. The molecule has 0 aliphatic heterocycles. The van der Waals surface area contributed by atoms with Crippen molar-refractivity contribution in [3.63, 3.8) is 0 Å². The number of hydrogen-bond acceptors (Lipinski definition) is 3. The lowest BCUT2D eigenvalue weighted by atomic mass is 10.1. The molecule has 1 aromatic heterocycles. The molecule has 2 unspecified atom stereocenters. The Balaban J connectivity index is 2.06. The van der Waals surface area contributed by atoms with E-state index < -0.39 is 6.10 Å². The number of anilines is 1. The molecular formula is C14H23N3O2. The molecule has 1 amide bonds. The van der Waals surface area contributed by atoms with Gasteiger partial charge in [-0.1, -0.05) is 19.3 Å². The Hall–Kier alpha value is -1.49. The summed E-state index contributed by atoms with van der Waals surface area (Å²) in [5.74, 6) is -0.149. The third kappa shape index (κ3) is 3.29. The van der Waals surface area contributed by atoms with E-state index in [1.54, 1.807) is 12.3 Å². The first-order valence-corrected chi connectivity index (χ1v) is 7.06. The van der Waals surface area contributed by atoms with E-state index in [0.29, 0.717) is 17.9 Å². The second-order valence-electron chi connectivity index (χ2n) is 5.23. The minimum atomic E-state index is -0.436. The van der Waals surface area contributed by atoms with Crippen molar-refractivity contribution in [2.24, 2.45) is 0 Å². The molecule has 1 aliphatic carbocycles. The molecule has 1 aliphatic rings. The van der Waals surface area contributed by atoms with E-state index in [2.05, 4.69) is 5.32 Å². The van der Waals surface area contributed by atoms with Gasteiger partial charge in [-0.3, -0.25) is 4.79 Å². The minimum Gasteiger partial charge on any atom is -0.397 e. The number of aliphatic hydroxyl groups is 1. The van der Waals surface area contributed by atoms with Gasteiger partial charge in [-0.15, -0.1) is 0 Å². The molecule has 4 N–H and O–H groups in total. The van der Waals surface area contributed by atoms with Gasteiger partial charge in [-0.2, -0.15) is 0 Å². The van der Waals surface area contributed by atoms with E-state index in [0.717, 1.165) is 32.1 Å². The van der Waals surface area contributed by atoms with Gasteiger partial charge < -0.3 is 20.7 Å². The summed E-state index contributed by atoms with van der Waals surface area (Å²) >= 11 is 0. The van der Waals surface area contributed by atoms with Crippen molar-refractivity contribution in [2.75, 3.05) is 5.73 Å². The first-order valence-electron chi connectivity index (χ1n) is 7.06. The zero-order chi connectivity index (χ0) is 13.8. The van der Waals surface area contributed by atoms with Crippen LogP contribution in [-0.2, 0) is 6.54 Å². The van der Waals surface area contributed by atoms with Crippen LogP contribution in [0.5, 0.6) is 0 Å². The molecular weight excluding hydrogens is 242 g/mol. The van der Waals surface area contributed by atoms with Crippen LogP contribution < -0.4 is 11.1 Å². The average Bonchev–Trinajstić information content (AvgIpc) is 2.66. The van der Waals surface area contributed by atoms with E-state index in [1.807, 2.05) is 11.5 Å². The van der Waals surface area contributed by atoms with Crippen LogP contribution >= 0.6 is 0 Å². The summed E-state index contributed by atoms with van der Waals surface area (Å²) in [5, 5.41) is 13.0. The van der Waals surface area contributed by atoms with Crippen molar-refractivity contribution in [1.29, 1.82) is 0 Å². The molecule has 2 atom stereocenters. The fraction of sp³-hybridized carbons (Fsp3) is 0.643. The Morgan fingerprint density at radius 1 is 1.47 bits per heavy atom. The lowest BCUT2D eigenvalue weighted by Gasteiger charge is -2.22. The first-order chi connectivity index (χ1) is 9.11. The average molecular weight is 265 g/mol. The van der Waals surface area contributed by atoms with Crippen LogP contribution in [-0.4, -0.2) is 27.7 Å². The second kappa shape index (κ2) is 6.10. The van der Waals surface area contributed by atoms with Gasteiger partial charge in [0.15, 0.2) is 0 Å². The number of aliphatic hydroxyl groups excluding tert-OH is 1. The number of rotatable bonds is 3. The van der Waals surface area contributed by atoms with Crippen LogP contribution in [0.4, 0.5) is 5.69 Å². The summed E-state index contributed by atoms with van der Waals surface area (Å²) in [6, 6.07) is 1.54. The largest absolute Gasteiger partial charge is 0.397 e. The predicted molar refractivity (Wildman–Crippen MR) is 74.9 cm³/mol. The number of carbonyl (C=O) groups excluding carboxylic acids is 1. The van der Waals surface area contributed by atoms with E-state index in [-0.39, 0.29) is 11.9 Å². The Bertz CT molecular complexity index is 442. The highest BCUT2D eigenvalue weighted by Crippen LogP contribution is 2.19. The van der Waals surface area contributed by atoms with Gasteiger partial charge in [0.1, 0.15) is 5.69 Å². The van der Waals surface area contributed by atoms with Crippen LogP contribution in [0.25, 0.3) is 0 Å². The second-order valence-corrected chi connectivity index (χ2v) is 5.23. The summed E-state index contributed by atoms with van der Waals surface area (Å²) in [4.78, 5) is 12.3. The molecule has 1 saturated carbocycles. The summed E-state index contributed by atoms with van der Waals surface area (Å²) in [7, 11) is 0. The molecule has 1 aromatic rings. The van der Waals surface area contributed by atoms with Gasteiger partial charge in [0.2, 0.25) is 0 Å². The summed E-state index contributed by atoms with van der Waals surface area (Å²) in [5.41, 5.74) is 6.89. The van der Waals surface area contributed by atoms with E-state index in [1.165, 1.54) is 0 Å². The maximum atomic E-state index is 12.3. The molecule has 1 heterocycles. The number of nitrogen functional groups attached to an aromatic ring is 1. The third-order valence-corrected chi connectivity index (χ3v) is 3.79. The van der Waals surface area contributed by atoms with Crippen molar-refractivity contribution < 1.29 is 9.90 Å². The molecule has 1 fully saturated rings. The third-order valence-electron chi connectivity index (χ3n) is 3.79. The fourth-order valence-electron chi connectivity index (χ4n) is 2.68. The zero-order valence-corrected chi connectivity index (χ0v) is 11.4. The highest BCUT2D eigenvalue weighted by Gasteiger charge is 2.24. The van der Waals surface area contributed by atoms with Crippen LogP contribution in [0.15, 0.2) is 12.3 Å². The Labute approximate surface area is 113 Å². The van der Waals surface area contributed by atoms with Crippen LogP contribution in [0.1, 0.15) is 49.5 Å². The molecule has 2 rings (SSSR count). The number of amides is 1. The van der Waals surface area contributed by atoms with E-state index >= 15 is 0 Å². The number of hydrogen-bond donors (Lipinski definition) is 3. The van der Waals surface area contributed by atoms with Crippen molar-refractivity contribution in [3.8, 4) is 0 Å². The lowest BCUT2D eigenvalue weighted by molar-refractivity contribution is 0.0810. The van der Waals surface area contributed by atoms with E-state index in [9.17, 15) is 9.90 Å². The van der Waals surface area contributed by atoms with Gasteiger partial charge in [0, 0.05) is 12.7 Å². The Kier molecular flexibility index (Phi) is 4.47. The zero-order valence-electron chi connectivity index (χ0n) is 11.4. The summed E-state index contributed by atoms with van der Waals surface area (Å²) in [6.45, 7) is 2.67. The molecule has 19 heavy (non-hydrogen) atoms. The van der Waals surface area contributed by atoms with Crippen molar-refractivity contribution >= 4 is 11.6 Å². The first kappa shape index (κ1) is 13.9. The van der Waals surface area contributed by atoms with E-state index in [4.69, 9.17) is 5.73 Å².